The smallest absolute Gasteiger partial charge is 0.291 e. The Morgan fingerprint density at radius 3 is 2.60 bits per heavy atom. The van der Waals surface area contributed by atoms with E-state index in [1.807, 2.05) is 34.0 Å². The highest BCUT2D eigenvalue weighted by molar-refractivity contribution is 5.91. The Hall–Kier alpha value is -2.96. The number of anilines is 1. The molecule has 130 valence electrons. The molecule has 0 saturated heterocycles. The van der Waals surface area contributed by atoms with Crippen LogP contribution in [0.1, 0.15) is 28.8 Å². The van der Waals surface area contributed by atoms with Crippen LogP contribution < -0.4 is 10.2 Å². The van der Waals surface area contributed by atoms with Gasteiger partial charge >= 0.3 is 0 Å². The molecule has 0 aliphatic rings. The van der Waals surface area contributed by atoms with E-state index in [9.17, 15) is 4.79 Å². The predicted molar refractivity (Wildman–Crippen MR) is 96.9 cm³/mol. The summed E-state index contributed by atoms with van der Waals surface area (Å²) in [6, 6.07) is 10.1. The molecule has 7 heteroatoms. The number of carbonyl (C=O) groups excluding carboxylic acids is 1. The Balaban J connectivity index is 1.66. The number of nitrogens with one attached hydrogen (secondary N) is 1. The van der Waals surface area contributed by atoms with Gasteiger partial charge in [-0.3, -0.25) is 4.79 Å². The summed E-state index contributed by atoms with van der Waals surface area (Å²) in [6.07, 6.45) is 2.39. The highest BCUT2D eigenvalue weighted by Gasteiger charge is 2.16. The van der Waals surface area contributed by atoms with Crippen molar-refractivity contribution >= 4 is 17.4 Å². The topological polar surface area (TPSA) is 75.4 Å². The molecule has 1 N–H and O–H groups in total. The second-order valence-electron chi connectivity index (χ2n) is 6.37. The molecule has 0 fully saturated rings. The molecule has 1 atom stereocenters. The molecule has 1 aromatic carbocycles. The van der Waals surface area contributed by atoms with Crippen molar-refractivity contribution in [3.63, 3.8) is 0 Å². The van der Waals surface area contributed by atoms with Crippen LogP contribution in [0.25, 0.3) is 5.78 Å². The van der Waals surface area contributed by atoms with Gasteiger partial charge in [-0.05, 0) is 44.0 Å². The van der Waals surface area contributed by atoms with Gasteiger partial charge in [0.1, 0.15) is 0 Å². The van der Waals surface area contributed by atoms with E-state index in [4.69, 9.17) is 0 Å². The first-order chi connectivity index (χ1) is 11.9. The molecule has 0 radical (unpaired) electrons. The van der Waals surface area contributed by atoms with Crippen LogP contribution in [0.2, 0.25) is 0 Å². The van der Waals surface area contributed by atoms with Crippen molar-refractivity contribution in [2.45, 2.75) is 26.3 Å². The van der Waals surface area contributed by atoms with E-state index in [2.05, 4.69) is 49.5 Å². The van der Waals surface area contributed by atoms with E-state index in [1.54, 1.807) is 10.7 Å². The van der Waals surface area contributed by atoms with Crippen molar-refractivity contribution in [2.24, 2.45) is 0 Å². The number of aryl methyl sites for hydroxylation is 1. The van der Waals surface area contributed by atoms with Crippen molar-refractivity contribution in [3.8, 4) is 0 Å². The normalized spacial score (nSPS) is 12.2. The standard InChI is InChI=1S/C18H22N6O/c1-12(11-14-5-7-15(8-6-14)23(3)4)20-17(25)16-21-18-19-10-9-13(2)24(18)22-16/h5-10,12H,11H2,1-4H3,(H,20,25). The van der Waals surface area contributed by atoms with Crippen LogP contribution in [0.15, 0.2) is 36.5 Å². The zero-order valence-corrected chi connectivity index (χ0v) is 14.9. The van der Waals surface area contributed by atoms with Gasteiger partial charge in [-0.2, -0.15) is 4.98 Å². The maximum absolute atomic E-state index is 12.4. The first kappa shape index (κ1) is 16.9. The fourth-order valence-electron chi connectivity index (χ4n) is 2.63. The Labute approximate surface area is 146 Å². The molecule has 1 unspecified atom stereocenters. The third kappa shape index (κ3) is 3.76. The van der Waals surface area contributed by atoms with Crippen LogP contribution in [-0.4, -0.2) is 45.6 Å². The van der Waals surface area contributed by atoms with Crippen molar-refractivity contribution < 1.29 is 4.79 Å². The van der Waals surface area contributed by atoms with Crippen LogP contribution >= 0.6 is 0 Å². The van der Waals surface area contributed by atoms with E-state index < -0.39 is 0 Å². The molecule has 7 nitrogen and oxygen atoms in total. The predicted octanol–water partition coefficient (Wildman–Crippen LogP) is 1.86. The molecule has 2 heterocycles. The maximum Gasteiger partial charge on any atom is 0.291 e. The minimum absolute atomic E-state index is 0.0293. The lowest BCUT2D eigenvalue weighted by Crippen LogP contribution is -2.34. The molecule has 0 aliphatic carbocycles. The third-order valence-corrected chi connectivity index (χ3v) is 4.01. The Morgan fingerprint density at radius 1 is 1.24 bits per heavy atom. The minimum atomic E-state index is -0.290. The molecule has 25 heavy (non-hydrogen) atoms. The van der Waals surface area contributed by atoms with Crippen molar-refractivity contribution in [2.75, 3.05) is 19.0 Å². The number of hydrogen-bond donors (Lipinski definition) is 1. The monoisotopic (exact) mass is 338 g/mol. The van der Waals surface area contributed by atoms with Gasteiger partial charge < -0.3 is 10.2 Å². The number of benzene rings is 1. The van der Waals surface area contributed by atoms with Gasteiger partial charge in [0.15, 0.2) is 0 Å². The quantitative estimate of drug-likeness (QED) is 0.768. The third-order valence-electron chi connectivity index (χ3n) is 4.01. The summed E-state index contributed by atoms with van der Waals surface area (Å²) in [4.78, 5) is 22.7. The van der Waals surface area contributed by atoms with Crippen molar-refractivity contribution in [1.82, 2.24) is 24.9 Å². The number of rotatable bonds is 5. The van der Waals surface area contributed by atoms with E-state index in [1.165, 1.54) is 5.56 Å². The van der Waals surface area contributed by atoms with Gasteiger partial charge in [-0.1, -0.05) is 12.1 Å². The van der Waals surface area contributed by atoms with Gasteiger partial charge in [0.05, 0.1) is 0 Å². The lowest BCUT2D eigenvalue weighted by molar-refractivity contribution is 0.0930. The summed E-state index contributed by atoms with van der Waals surface area (Å²) in [7, 11) is 4.02. The Kier molecular flexibility index (Phi) is 4.65. The number of aromatic nitrogens is 4. The molecule has 3 aromatic rings. The Morgan fingerprint density at radius 2 is 1.96 bits per heavy atom. The first-order valence-electron chi connectivity index (χ1n) is 8.19. The van der Waals surface area contributed by atoms with Gasteiger partial charge in [0.2, 0.25) is 5.82 Å². The Bertz CT molecular complexity index is 884. The van der Waals surface area contributed by atoms with Gasteiger partial charge in [-0.15, -0.1) is 5.10 Å². The molecule has 0 spiro atoms. The average molecular weight is 338 g/mol. The minimum Gasteiger partial charge on any atom is -0.378 e. The molecular formula is C18H22N6O. The highest BCUT2D eigenvalue weighted by atomic mass is 16.2. The SMILES string of the molecule is Cc1ccnc2nc(C(=O)NC(C)Cc3ccc(N(C)C)cc3)nn12. The number of hydrogen-bond acceptors (Lipinski definition) is 5. The lowest BCUT2D eigenvalue weighted by Gasteiger charge is -2.15. The van der Waals surface area contributed by atoms with E-state index in [0.717, 1.165) is 17.8 Å². The van der Waals surface area contributed by atoms with E-state index in [-0.39, 0.29) is 17.8 Å². The van der Waals surface area contributed by atoms with Gasteiger partial charge in [0.25, 0.3) is 11.7 Å². The molecule has 0 saturated carbocycles. The van der Waals surface area contributed by atoms with E-state index >= 15 is 0 Å². The van der Waals surface area contributed by atoms with Gasteiger partial charge in [0, 0.05) is 37.7 Å². The molecule has 1 amide bonds. The molecule has 0 bridgehead atoms. The fraction of sp³-hybridized carbons (Fsp3) is 0.333. The zero-order valence-electron chi connectivity index (χ0n) is 14.9. The van der Waals surface area contributed by atoms with E-state index in [0.29, 0.717) is 5.78 Å². The van der Waals surface area contributed by atoms with Crippen molar-refractivity contribution in [1.29, 1.82) is 0 Å². The van der Waals surface area contributed by atoms with Crippen molar-refractivity contribution in [3.05, 3.63) is 53.6 Å². The largest absolute Gasteiger partial charge is 0.378 e. The number of carbonyl (C=O) groups is 1. The fourth-order valence-corrected chi connectivity index (χ4v) is 2.63. The summed E-state index contributed by atoms with van der Waals surface area (Å²) in [6.45, 7) is 3.86. The summed E-state index contributed by atoms with van der Waals surface area (Å²) in [5.41, 5.74) is 3.20. The molecule has 2 aromatic heterocycles. The van der Waals surface area contributed by atoms with Crippen LogP contribution in [-0.2, 0) is 6.42 Å². The number of fused-ring (bicyclic) bond motifs is 1. The maximum atomic E-state index is 12.4. The molecule has 3 rings (SSSR count). The zero-order chi connectivity index (χ0) is 18.0. The summed E-state index contributed by atoms with van der Waals surface area (Å²) < 4.78 is 1.57. The summed E-state index contributed by atoms with van der Waals surface area (Å²) >= 11 is 0. The van der Waals surface area contributed by atoms with Crippen LogP contribution in [0.4, 0.5) is 5.69 Å². The molecule has 0 aliphatic heterocycles. The van der Waals surface area contributed by atoms with Crippen LogP contribution in [0.3, 0.4) is 0 Å². The van der Waals surface area contributed by atoms with Gasteiger partial charge in [-0.25, -0.2) is 9.50 Å². The summed E-state index contributed by atoms with van der Waals surface area (Å²) in [5.74, 6) is 0.274. The highest BCUT2D eigenvalue weighted by Crippen LogP contribution is 2.13. The number of amides is 1. The number of nitrogens with zero attached hydrogens (tertiary/aromatic N) is 5. The average Bonchev–Trinajstić information content (AvgIpc) is 3.01. The molecular weight excluding hydrogens is 316 g/mol. The van der Waals surface area contributed by atoms with Crippen LogP contribution in [0, 0.1) is 6.92 Å². The lowest BCUT2D eigenvalue weighted by atomic mass is 10.1. The second-order valence-corrected chi connectivity index (χ2v) is 6.37. The first-order valence-corrected chi connectivity index (χ1v) is 8.19. The second kappa shape index (κ2) is 6.88. The van der Waals surface area contributed by atoms with Crippen LogP contribution in [0.5, 0.6) is 0 Å². The summed E-state index contributed by atoms with van der Waals surface area (Å²) in [5, 5.41) is 7.18.